The number of aromatic nitrogens is 1. The molecule has 1 unspecified atom stereocenters. The van der Waals surface area contributed by atoms with Gasteiger partial charge in [-0.1, -0.05) is 6.07 Å². The number of ether oxygens (including phenoxy) is 1. The molecular weight excluding hydrogens is 372 g/mol. The number of carbonyl (C=O) groups is 4. The van der Waals surface area contributed by atoms with Crippen LogP contribution in [0, 0.1) is 13.8 Å². The topological polar surface area (TPSA) is 96.5 Å². The van der Waals surface area contributed by atoms with Gasteiger partial charge in [0.1, 0.15) is 0 Å². The average molecular weight is 396 g/mol. The number of amides is 1. The molecule has 3 rings (SSSR count). The summed E-state index contributed by atoms with van der Waals surface area (Å²) < 4.78 is 5.36. The molecule has 1 N–H and O–H groups in total. The summed E-state index contributed by atoms with van der Waals surface area (Å²) in [5, 5.41) is 0. The van der Waals surface area contributed by atoms with Crippen molar-refractivity contribution in [2.24, 2.45) is 0 Å². The molecule has 1 aliphatic heterocycles. The quantitative estimate of drug-likeness (QED) is 0.596. The fourth-order valence-electron chi connectivity index (χ4n) is 3.73. The molecule has 1 atom stereocenters. The van der Waals surface area contributed by atoms with Gasteiger partial charge >= 0.3 is 5.97 Å². The molecule has 2 aromatic rings. The second-order valence-electron chi connectivity index (χ2n) is 7.29. The number of aromatic amines is 1. The Morgan fingerprint density at radius 1 is 1.21 bits per heavy atom. The fraction of sp³-hybridized carbons (Fsp3) is 0.364. The average Bonchev–Trinajstić information content (AvgIpc) is 3.23. The van der Waals surface area contributed by atoms with Crippen molar-refractivity contribution in [1.82, 2.24) is 4.98 Å². The fourth-order valence-corrected chi connectivity index (χ4v) is 3.73. The van der Waals surface area contributed by atoms with Crippen LogP contribution >= 0.6 is 0 Å². The SMILES string of the molecule is CC(=O)c1c(C)[nH]c(C(=O)C(C)OC(=O)c2cccc(N3CCCC3=O)c2)c1C. The Balaban J connectivity index is 1.76. The zero-order chi connectivity index (χ0) is 21.3. The molecule has 1 aromatic heterocycles. The second kappa shape index (κ2) is 8.03. The summed E-state index contributed by atoms with van der Waals surface area (Å²) in [7, 11) is 0. The number of hydrogen-bond donors (Lipinski definition) is 1. The predicted molar refractivity (Wildman–Crippen MR) is 108 cm³/mol. The van der Waals surface area contributed by atoms with E-state index in [1.807, 2.05) is 0 Å². The van der Waals surface area contributed by atoms with Gasteiger partial charge in [0.25, 0.3) is 0 Å². The molecule has 7 nitrogen and oxygen atoms in total. The number of H-pyrrole nitrogens is 1. The van der Waals surface area contributed by atoms with E-state index in [9.17, 15) is 19.2 Å². The van der Waals surface area contributed by atoms with E-state index in [4.69, 9.17) is 4.74 Å². The summed E-state index contributed by atoms with van der Waals surface area (Å²) in [6, 6.07) is 6.63. The summed E-state index contributed by atoms with van der Waals surface area (Å²) in [5.74, 6) is -1.16. The number of rotatable bonds is 6. The lowest BCUT2D eigenvalue weighted by molar-refractivity contribution is -0.117. The summed E-state index contributed by atoms with van der Waals surface area (Å²) >= 11 is 0. The van der Waals surface area contributed by atoms with Gasteiger partial charge < -0.3 is 14.6 Å². The Morgan fingerprint density at radius 2 is 1.93 bits per heavy atom. The number of anilines is 1. The lowest BCUT2D eigenvalue weighted by atomic mass is 10.0. The molecule has 0 saturated carbocycles. The molecule has 0 spiro atoms. The maximum atomic E-state index is 12.8. The number of aryl methyl sites for hydroxylation is 1. The van der Waals surface area contributed by atoms with Crippen LogP contribution in [0.25, 0.3) is 0 Å². The molecule has 0 radical (unpaired) electrons. The van der Waals surface area contributed by atoms with Crippen molar-refractivity contribution in [3.8, 4) is 0 Å². The highest BCUT2D eigenvalue weighted by Gasteiger charge is 2.27. The van der Waals surface area contributed by atoms with Crippen LogP contribution in [0.1, 0.15) is 69.2 Å². The summed E-state index contributed by atoms with van der Waals surface area (Å²) in [6.45, 7) is 6.98. The van der Waals surface area contributed by atoms with Crippen molar-refractivity contribution < 1.29 is 23.9 Å². The molecule has 1 aromatic carbocycles. The van der Waals surface area contributed by atoms with Crippen molar-refractivity contribution in [3.05, 3.63) is 52.3 Å². The van der Waals surface area contributed by atoms with E-state index in [0.717, 1.165) is 6.42 Å². The third-order valence-corrected chi connectivity index (χ3v) is 5.16. The third kappa shape index (κ3) is 3.99. The Hall–Kier alpha value is -3.22. The van der Waals surface area contributed by atoms with E-state index < -0.39 is 17.9 Å². The first-order valence-corrected chi connectivity index (χ1v) is 9.56. The molecule has 2 heterocycles. The zero-order valence-electron chi connectivity index (χ0n) is 17.0. The minimum Gasteiger partial charge on any atom is -0.451 e. The van der Waals surface area contributed by atoms with Crippen molar-refractivity contribution >= 4 is 29.1 Å². The van der Waals surface area contributed by atoms with Gasteiger partial charge in [-0.05, 0) is 57.9 Å². The van der Waals surface area contributed by atoms with E-state index in [-0.39, 0.29) is 22.9 Å². The van der Waals surface area contributed by atoms with Crippen LogP contribution in [0.2, 0.25) is 0 Å². The van der Waals surface area contributed by atoms with Crippen LogP contribution in [0.15, 0.2) is 24.3 Å². The van der Waals surface area contributed by atoms with E-state index in [0.29, 0.717) is 35.5 Å². The zero-order valence-corrected chi connectivity index (χ0v) is 17.0. The molecule has 152 valence electrons. The normalized spacial score (nSPS) is 14.8. The Morgan fingerprint density at radius 3 is 2.52 bits per heavy atom. The van der Waals surface area contributed by atoms with Gasteiger partial charge in [-0.2, -0.15) is 0 Å². The Labute approximate surface area is 169 Å². The number of ketones is 2. The number of nitrogens with one attached hydrogen (secondary N) is 1. The highest BCUT2D eigenvalue weighted by molar-refractivity contribution is 6.06. The first kappa shape index (κ1) is 20.5. The first-order valence-electron chi connectivity index (χ1n) is 9.56. The maximum Gasteiger partial charge on any atom is 0.338 e. The predicted octanol–water partition coefficient (Wildman–Crippen LogP) is 3.39. The number of Topliss-reactive ketones (excluding diaryl/α,β-unsaturated/α-hetero) is 2. The van der Waals surface area contributed by atoms with Crippen LogP contribution in [-0.2, 0) is 9.53 Å². The lowest BCUT2D eigenvalue weighted by Crippen LogP contribution is -2.26. The van der Waals surface area contributed by atoms with Crippen molar-refractivity contribution in [1.29, 1.82) is 0 Å². The third-order valence-electron chi connectivity index (χ3n) is 5.16. The molecule has 0 bridgehead atoms. The smallest absolute Gasteiger partial charge is 0.338 e. The van der Waals surface area contributed by atoms with Gasteiger partial charge in [-0.25, -0.2) is 4.79 Å². The van der Waals surface area contributed by atoms with Gasteiger partial charge in [0.15, 0.2) is 11.9 Å². The molecule has 1 fully saturated rings. The molecule has 0 aliphatic carbocycles. The number of benzene rings is 1. The van der Waals surface area contributed by atoms with Gasteiger partial charge in [-0.3, -0.25) is 14.4 Å². The summed E-state index contributed by atoms with van der Waals surface area (Å²) in [6.07, 6.45) is 0.254. The molecule has 7 heteroatoms. The van der Waals surface area contributed by atoms with E-state index in [2.05, 4.69) is 4.98 Å². The number of hydrogen-bond acceptors (Lipinski definition) is 5. The highest BCUT2D eigenvalue weighted by atomic mass is 16.5. The molecule has 29 heavy (non-hydrogen) atoms. The first-order chi connectivity index (χ1) is 13.7. The monoisotopic (exact) mass is 396 g/mol. The largest absolute Gasteiger partial charge is 0.451 e. The van der Waals surface area contributed by atoms with Crippen LogP contribution in [-0.4, -0.2) is 41.1 Å². The number of carbonyl (C=O) groups excluding carboxylic acids is 4. The van der Waals surface area contributed by atoms with E-state index in [1.54, 1.807) is 43.0 Å². The highest BCUT2D eigenvalue weighted by Crippen LogP contribution is 2.24. The molecule has 1 aliphatic rings. The van der Waals surface area contributed by atoms with E-state index >= 15 is 0 Å². The van der Waals surface area contributed by atoms with Crippen molar-refractivity contribution in [3.63, 3.8) is 0 Å². The maximum absolute atomic E-state index is 12.8. The standard InChI is InChI=1S/C22H24N2O5/c1-12-19(14(3)25)13(2)23-20(12)21(27)15(4)29-22(28)16-7-5-8-17(11-16)24-10-6-9-18(24)26/h5,7-8,11,15,23H,6,9-10H2,1-4H3. The van der Waals surface area contributed by atoms with Gasteiger partial charge in [-0.15, -0.1) is 0 Å². The molecular formula is C22H24N2O5. The summed E-state index contributed by atoms with van der Waals surface area (Å²) in [5.41, 5.74) is 2.82. The lowest BCUT2D eigenvalue weighted by Gasteiger charge is -2.17. The van der Waals surface area contributed by atoms with Gasteiger partial charge in [0, 0.05) is 29.9 Å². The van der Waals surface area contributed by atoms with Crippen LogP contribution < -0.4 is 4.90 Å². The van der Waals surface area contributed by atoms with Crippen molar-refractivity contribution in [2.75, 3.05) is 11.4 Å². The molecule has 1 saturated heterocycles. The minimum atomic E-state index is -1.03. The Kier molecular flexibility index (Phi) is 5.68. The van der Waals surface area contributed by atoms with Gasteiger partial charge in [0.2, 0.25) is 11.7 Å². The second-order valence-corrected chi connectivity index (χ2v) is 7.29. The van der Waals surface area contributed by atoms with Crippen LogP contribution in [0.3, 0.4) is 0 Å². The molecule has 1 amide bonds. The van der Waals surface area contributed by atoms with Crippen LogP contribution in [0.4, 0.5) is 5.69 Å². The Bertz CT molecular complexity index is 1000. The summed E-state index contributed by atoms with van der Waals surface area (Å²) in [4.78, 5) is 53.6. The van der Waals surface area contributed by atoms with Gasteiger partial charge in [0.05, 0.1) is 11.3 Å². The van der Waals surface area contributed by atoms with E-state index in [1.165, 1.54) is 13.8 Å². The number of nitrogens with zero attached hydrogens (tertiary/aromatic N) is 1. The van der Waals surface area contributed by atoms with Crippen LogP contribution in [0.5, 0.6) is 0 Å². The minimum absolute atomic E-state index is 0.0259. The number of esters is 1. The van der Waals surface area contributed by atoms with Crippen molar-refractivity contribution in [2.45, 2.75) is 46.6 Å².